The molecule has 0 aliphatic heterocycles. The van der Waals surface area contributed by atoms with Gasteiger partial charge in [0, 0.05) is 44.0 Å². The van der Waals surface area contributed by atoms with Crippen molar-refractivity contribution in [2.75, 3.05) is 31.8 Å². The van der Waals surface area contributed by atoms with E-state index in [0.717, 1.165) is 22.1 Å². The van der Waals surface area contributed by atoms with Gasteiger partial charge in [-0.3, -0.25) is 4.79 Å². The molecule has 11 heteroatoms. The molecule has 5 aromatic rings. The Kier molecular flexibility index (Phi) is 5.79. The van der Waals surface area contributed by atoms with Crippen molar-refractivity contribution in [2.24, 2.45) is 0 Å². The van der Waals surface area contributed by atoms with E-state index in [9.17, 15) is 4.79 Å². The highest BCUT2D eigenvalue weighted by atomic mass is 35.5. The third kappa shape index (κ3) is 4.26. The van der Waals surface area contributed by atoms with Gasteiger partial charge >= 0.3 is 0 Å². The van der Waals surface area contributed by atoms with E-state index < -0.39 is 0 Å². The highest BCUT2D eigenvalue weighted by Gasteiger charge is 2.16. The van der Waals surface area contributed by atoms with Gasteiger partial charge in [0.2, 0.25) is 5.95 Å². The fourth-order valence-corrected chi connectivity index (χ4v) is 4.01. The molecule has 0 spiro atoms. The summed E-state index contributed by atoms with van der Waals surface area (Å²) in [7, 11) is 5.20. The number of aromatic nitrogens is 6. The van der Waals surface area contributed by atoms with E-state index in [-0.39, 0.29) is 5.91 Å². The van der Waals surface area contributed by atoms with Gasteiger partial charge in [-0.2, -0.15) is 9.97 Å². The van der Waals surface area contributed by atoms with E-state index in [1.807, 2.05) is 37.5 Å². The van der Waals surface area contributed by atoms with Crippen molar-refractivity contribution in [3.8, 4) is 22.5 Å². The number of hydrogen-bond donors (Lipinski definition) is 4. The number of fused-ring (bicyclic) bond motifs is 1. The van der Waals surface area contributed by atoms with E-state index in [2.05, 4.69) is 40.8 Å². The van der Waals surface area contributed by atoms with Gasteiger partial charge in [-0.05, 0) is 23.8 Å². The predicted octanol–water partition coefficient (Wildman–Crippen LogP) is 4.55. The molecule has 3 aromatic heterocycles. The number of carbonyl (C=O) groups is 1. The molecule has 0 unspecified atom stereocenters. The Morgan fingerprint density at radius 2 is 1.80 bits per heavy atom. The first-order chi connectivity index (χ1) is 16.9. The quantitative estimate of drug-likeness (QED) is 0.276. The van der Waals surface area contributed by atoms with Crippen molar-refractivity contribution in [3.05, 3.63) is 65.6 Å². The topological polar surface area (TPSA) is 128 Å². The van der Waals surface area contributed by atoms with Gasteiger partial charge in [-0.25, -0.2) is 0 Å². The molecule has 1 amide bonds. The molecule has 10 nitrogen and oxygen atoms in total. The van der Waals surface area contributed by atoms with Gasteiger partial charge in [-0.1, -0.05) is 35.9 Å². The second-order valence-corrected chi connectivity index (χ2v) is 8.41. The molecule has 0 bridgehead atoms. The first-order valence-corrected chi connectivity index (χ1v) is 11.1. The molecule has 0 saturated carbocycles. The minimum absolute atomic E-state index is 0.124. The zero-order valence-electron chi connectivity index (χ0n) is 19.2. The molecular formula is C24H22ClN9O. The van der Waals surface area contributed by atoms with E-state index in [0.29, 0.717) is 39.5 Å². The summed E-state index contributed by atoms with van der Waals surface area (Å²) in [4.78, 5) is 29.2. The molecule has 3 heterocycles. The number of rotatable bonds is 6. The van der Waals surface area contributed by atoms with Crippen molar-refractivity contribution >= 4 is 46.0 Å². The molecule has 2 aromatic carbocycles. The van der Waals surface area contributed by atoms with Crippen molar-refractivity contribution in [3.63, 3.8) is 0 Å². The zero-order valence-corrected chi connectivity index (χ0v) is 20.0. The molecule has 0 aliphatic carbocycles. The Morgan fingerprint density at radius 3 is 2.46 bits per heavy atom. The van der Waals surface area contributed by atoms with E-state index in [4.69, 9.17) is 11.6 Å². The van der Waals surface area contributed by atoms with E-state index >= 15 is 0 Å². The first kappa shape index (κ1) is 22.4. The Bertz CT molecular complexity index is 1510. The van der Waals surface area contributed by atoms with Crippen LogP contribution >= 0.6 is 11.6 Å². The Hall–Kier alpha value is -4.44. The van der Waals surface area contributed by atoms with Crippen molar-refractivity contribution in [1.82, 2.24) is 35.0 Å². The van der Waals surface area contributed by atoms with Crippen LogP contribution in [0.5, 0.6) is 0 Å². The lowest BCUT2D eigenvalue weighted by Gasteiger charge is -2.13. The third-order valence-corrected chi connectivity index (χ3v) is 5.84. The van der Waals surface area contributed by atoms with Gasteiger partial charge in [0.1, 0.15) is 17.8 Å². The number of amides is 1. The Labute approximate surface area is 205 Å². The first-order valence-electron chi connectivity index (χ1n) is 10.8. The monoisotopic (exact) mass is 487 g/mol. The van der Waals surface area contributed by atoms with Crippen molar-refractivity contribution in [2.45, 2.75) is 0 Å². The summed E-state index contributed by atoms with van der Waals surface area (Å²) >= 11 is 6.43. The standard InChI is InChI=1S/C24H22ClN9O/c1-26-21-19-16(13-4-6-14(7-5-13)20-28-12-29-33-20)11-27-22(19)32-24(31-21)30-18-9-8-15(10-17(18)25)23(35)34(2)3/h4-12H,1-3H3,(H,28,29,33)(H3,26,27,30,31,32). The number of H-pyrrole nitrogens is 2. The Morgan fingerprint density at radius 1 is 1.03 bits per heavy atom. The second kappa shape index (κ2) is 9.07. The van der Waals surface area contributed by atoms with Gasteiger partial charge < -0.3 is 25.5 Å². The average Bonchev–Trinajstić information content (AvgIpc) is 3.55. The summed E-state index contributed by atoms with van der Waals surface area (Å²) in [6.45, 7) is 0. The maximum Gasteiger partial charge on any atom is 0.253 e. The Balaban J connectivity index is 1.46. The molecule has 176 valence electrons. The minimum Gasteiger partial charge on any atom is -0.372 e. The van der Waals surface area contributed by atoms with Gasteiger partial charge in [0.25, 0.3) is 5.91 Å². The van der Waals surface area contributed by atoms with Crippen LogP contribution in [0.2, 0.25) is 5.02 Å². The van der Waals surface area contributed by atoms with Crippen LogP contribution in [-0.4, -0.2) is 62.1 Å². The van der Waals surface area contributed by atoms with Crippen LogP contribution in [0.4, 0.5) is 17.5 Å². The number of nitrogens with one attached hydrogen (secondary N) is 4. The van der Waals surface area contributed by atoms with Gasteiger partial charge in [0.05, 0.1) is 16.1 Å². The number of aromatic amines is 2. The van der Waals surface area contributed by atoms with E-state index in [1.54, 1.807) is 38.6 Å². The largest absolute Gasteiger partial charge is 0.372 e. The highest BCUT2D eigenvalue weighted by Crippen LogP contribution is 2.34. The molecule has 0 fully saturated rings. The summed E-state index contributed by atoms with van der Waals surface area (Å²) in [5.41, 5.74) is 4.67. The number of anilines is 3. The van der Waals surface area contributed by atoms with Crippen molar-refractivity contribution < 1.29 is 4.79 Å². The van der Waals surface area contributed by atoms with Crippen LogP contribution in [-0.2, 0) is 0 Å². The van der Waals surface area contributed by atoms with E-state index in [1.165, 1.54) is 4.90 Å². The number of carbonyl (C=O) groups excluding carboxylic acids is 1. The normalized spacial score (nSPS) is 11.0. The highest BCUT2D eigenvalue weighted by molar-refractivity contribution is 6.33. The lowest BCUT2D eigenvalue weighted by molar-refractivity contribution is 0.0827. The summed E-state index contributed by atoms with van der Waals surface area (Å²) in [6, 6.07) is 13.1. The lowest BCUT2D eigenvalue weighted by Crippen LogP contribution is -2.21. The molecular weight excluding hydrogens is 466 g/mol. The number of benzene rings is 2. The molecule has 5 rings (SSSR count). The van der Waals surface area contributed by atoms with Gasteiger partial charge in [-0.15, -0.1) is 10.2 Å². The van der Waals surface area contributed by atoms with Crippen LogP contribution in [0.25, 0.3) is 33.5 Å². The summed E-state index contributed by atoms with van der Waals surface area (Å²) in [5, 5.41) is 15.5. The fraction of sp³-hybridized carbons (Fsp3) is 0.125. The average molecular weight is 488 g/mol. The summed E-state index contributed by atoms with van der Waals surface area (Å²) in [6.07, 6.45) is 3.46. The molecule has 4 N–H and O–H groups in total. The predicted molar refractivity (Wildman–Crippen MR) is 137 cm³/mol. The molecule has 0 radical (unpaired) electrons. The summed E-state index contributed by atoms with van der Waals surface area (Å²) in [5.74, 6) is 1.61. The molecule has 35 heavy (non-hydrogen) atoms. The van der Waals surface area contributed by atoms with Crippen LogP contribution < -0.4 is 10.6 Å². The zero-order chi connectivity index (χ0) is 24.5. The number of halogens is 1. The van der Waals surface area contributed by atoms with Crippen LogP contribution in [0.15, 0.2) is 55.0 Å². The van der Waals surface area contributed by atoms with Crippen molar-refractivity contribution in [1.29, 1.82) is 0 Å². The van der Waals surface area contributed by atoms with Crippen LogP contribution in [0.1, 0.15) is 10.4 Å². The second-order valence-electron chi connectivity index (χ2n) is 8.01. The maximum atomic E-state index is 12.2. The molecule has 0 saturated heterocycles. The smallest absolute Gasteiger partial charge is 0.253 e. The lowest BCUT2D eigenvalue weighted by atomic mass is 10.0. The number of hydrogen-bond acceptors (Lipinski definition) is 7. The van der Waals surface area contributed by atoms with Crippen LogP contribution in [0, 0.1) is 0 Å². The third-order valence-electron chi connectivity index (χ3n) is 5.52. The van der Waals surface area contributed by atoms with Gasteiger partial charge in [0.15, 0.2) is 5.82 Å². The SMILES string of the molecule is CNc1nc(Nc2ccc(C(=O)N(C)C)cc2Cl)nc2[nH]cc(-c3ccc(-c4nnc[nH]4)cc3)c12. The fourth-order valence-electron chi connectivity index (χ4n) is 3.78. The molecule has 0 aliphatic rings. The minimum atomic E-state index is -0.124. The summed E-state index contributed by atoms with van der Waals surface area (Å²) < 4.78 is 0. The maximum absolute atomic E-state index is 12.2. The molecule has 0 atom stereocenters. The van der Waals surface area contributed by atoms with Crippen LogP contribution in [0.3, 0.4) is 0 Å². The number of nitrogens with zero attached hydrogens (tertiary/aromatic N) is 5.